The number of benzene rings is 1. The van der Waals surface area contributed by atoms with Gasteiger partial charge in [-0.15, -0.1) is 0 Å². The van der Waals surface area contributed by atoms with E-state index in [0.717, 1.165) is 40.9 Å². The lowest BCUT2D eigenvalue weighted by atomic mass is 9.90. The van der Waals surface area contributed by atoms with Crippen LogP contribution in [0.25, 0.3) is 17.3 Å². The maximum absolute atomic E-state index is 12.3. The average Bonchev–Trinajstić information content (AvgIpc) is 2.60. The molecule has 0 fully saturated rings. The zero-order valence-corrected chi connectivity index (χ0v) is 16.5. The number of nitrogens with zero attached hydrogens (tertiary/aromatic N) is 2. The second-order valence-corrected chi connectivity index (χ2v) is 7.77. The minimum absolute atomic E-state index is 0.0357. The maximum Gasteiger partial charge on any atom is 0.225 e. The van der Waals surface area contributed by atoms with Gasteiger partial charge >= 0.3 is 0 Å². The minimum atomic E-state index is -0.0357. The van der Waals surface area contributed by atoms with E-state index in [1.807, 2.05) is 52.0 Å². The molecule has 1 aromatic heterocycles. The summed E-state index contributed by atoms with van der Waals surface area (Å²) in [6.07, 6.45) is 4.03. The van der Waals surface area contributed by atoms with Crippen molar-refractivity contribution in [3.63, 3.8) is 0 Å². The van der Waals surface area contributed by atoms with Crippen molar-refractivity contribution in [2.75, 3.05) is 5.32 Å². The standard InChI is InChI=1S/C22H27N3O2/c1-13(2)9-19-22(25-20(27)10-14(3)4)24-18-8-6-16-11-15(12-26)5-7-17(16)21(18)23-19/h5,7,9,11,14,26H,6,8,10,12H2,1-4H3,(H,24,25,27). The monoisotopic (exact) mass is 365 g/mol. The van der Waals surface area contributed by atoms with Gasteiger partial charge in [-0.1, -0.05) is 37.6 Å². The van der Waals surface area contributed by atoms with Crippen LogP contribution in [-0.4, -0.2) is 21.0 Å². The average molecular weight is 365 g/mol. The first-order chi connectivity index (χ1) is 12.9. The number of fused-ring (bicyclic) bond motifs is 3. The molecule has 0 bridgehead atoms. The van der Waals surface area contributed by atoms with Gasteiger partial charge in [0.25, 0.3) is 0 Å². The molecule has 2 aromatic rings. The van der Waals surface area contributed by atoms with Gasteiger partial charge in [-0.05, 0) is 49.8 Å². The highest BCUT2D eigenvalue weighted by Gasteiger charge is 2.22. The summed E-state index contributed by atoms with van der Waals surface area (Å²) in [7, 11) is 0. The van der Waals surface area contributed by atoms with Gasteiger partial charge in [0.1, 0.15) is 5.69 Å². The molecule has 0 aliphatic heterocycles. The lowest BCUT2D eigenvalue weighted by Gasteiger charge is -2.21. The molecule has 3 rings (SSSR count). The number of rotatable bonds is 5. The zero-order chi connectivity index (χ0) is 19.6. The van der Waals surface area contributed by atoms with Gasteiger partial charge in [0.05, 0.1) is 18.0 Å². The molecule has 27 heavy (non-hydrogen) atoms. The Morgan fingerprint density at radius 3 is 2.70 bits per heavy atom. The van der Waals surface area contributed by atoms with Gasteiger partial charge in [0, 0.05) is 12.0 Å². The number of aromatic nitrogens is 2. The van der Waals surface area contributed by atoms with E-state index in [1.54, 1.807) is 0 Å². The molecular weight excluding hydrogens is 338 g/mol. The second-order valence-electron chi connectivity index (χ2n) is 7.77. The van der Waals surface area contributed by atoms with E-state index in [-0.39, 0.29) is 18.4 Å². The van der Waals surface area contributed by atoms with Crippen LogP contribution in [0, 0.1) is 5.92 Å². The van der Waals surface area contributed by atoms with Crippen LogP contribution in [0.5, 0.6) is 0 Å². The molecular formula is C22H27N3O2. The van der Waals surface area contributed by atoms with Crippen LogP contribution < -0.4 is 5.32 Å². The highest BCUT2D eigenvalue weighted by molar-refractivity contribution is 5.92. The molecule has 0 atom stereocenters. The highest BCUT2D eigenvalue weighted by atomic mass is 16.3. The van der Waals surface area contributed by atoms with Crippen molar-refractivity contribution < 1.29 is 9.90 Å². The quantitative estimate of drug-likeness (QED) is 0.835. The van der Waals surface area contributed by atoms with Crippen LogP contribution in [0.15, 0.2) is 23.8 Å². The topological polar surface area (TPSA) is 75.1 Å². The van der Waals surface area contributed by atoms with Crippen LogP contribution >= 0.6 is 0 Å². The van der Waals surface area contributed by atoms with E-state index in [2.05, 4.69) is 5.32 Å². The number of nitrogens with one attached hydrogen (secondary N) is 1. The van der Waals surface area contributed by atoms with Crippen molar-refractivity contribution in [3.05, 3.63) is 46.3 Å². The number of carbonyl (C=O) groups excluding carboxylic acids is 1. The Kier molecular flexibility index (Phi) is 5.71. The number of hydrogen-bond acceptors (Lipinski definition) is 4. The second kappa shape index (κ2) is 8.01. The third-order valence-electron chi connectivity index (χ3n) is 4.51. The van der Waals surface area contributed by atoms with E-state index in [1.165, 1.54) is 5.56 Å². The number of aliphatic hydroxyl groups is 1. The van der Waals surface area contributed by atoms with E-state index < -0.39 is 0 Å². The summed E-state index contributed by atoms with van der Waals surface area (Å²) in [4.78, 5) is 21.9. The Morgan fingerprint density at radius 1 is 1.26 bits per heavy atom. The first-order valence-electron chi connectivity index (χ1n) is 9.46. The first kappa shape index (κ1) is 19.2. The van der Waals surface area contributed by atoms with Crippen molar-refractivity contribution in [1.82, 2.24) is 9.97 Å². The lowest BCUT2D eigenvalue weighted by Crippen LogP contribution is -2.18. The van der Waals surface area contributed by atoms with Gasteiger partial charge in [-0.2, -0.15) is 0 Å². The SMILES string of the molecule is CC(C)=Cc1nc2c(nc1NC(=O)CC(C)C)CCc1cc(CO)ccc1-2. The third kappa shape index (κ3) is 4.42. The Hall–Kier alpha value is -2.53. The largest absolute Gasteiger partial charge is 0.392 e. The number of carbonyl (C=O) groups is 1. The van der Waals surface area contributed by atoms with Crippen LogP contribution in [0.1, 0.15) is 56.6 Å². The molecule has 2 N–H and O–H groups in total. The zero-order valence-electron chi connectivity index (χ0n) is 16.5. The summed E-state index contributed by atoms with van der Waals surface area (Å²) in [5.74, 6) is 0.789. The van der Waals surface area contributed by atoms with Gasteiger partial charge in [-0.3, -0.25) is 4.79 Å². The summed E-state index contributed by atoms with van der Waals surface area (Å²) >= 11 is 0. The molecule has 5 heteroatoms. The normalized spacial score (nSPS) is 12.4. The maximum atomic E-state index is 12.3. The Morgan fingerprint density at radius 2 is 2.04 bits per heavy atom. The number of aryl methyl sites for hydroxylation is 2. The molecule has 0 radical (unpaired) electrons. The summed E-state index contributed by atoms with van der Waals surface area (Å²) in [6.45, 7) is 8.08. The van der Waals surface area contributed by atoms with Crippen molar-refractivity contribution in [2.24, 2.45) is 5.92 Å². The summed E-state index contributed by atoms with van der Waals surface area (Å²) in [5, 5.41) is 12.3. The van der Waals surface area contributed by atoms with E-state index in [4.69, 9.17) is 9.97 Å². The summed E-state index contributed by atoms with van der Waals surface area (Å²) in [5.41, 5.74) is 6.71. The van der Waals surface area contributed by atoms with Crippen molar-refractivity contribution >= 4 is 17.8 Å². The van der Waals surface area contributed by atoms with Gasteiger partial charge in [-0.25, -0.2) is 9.97 Å². The minimum Gasteiger partial charge on any atom is -0.392 e. The van der Waals surface area contributed by atoms with Crippen molar-refractivity contribution in [3.8, 4) is 11.3 Å². The predicted molar refractivity (Wildman–Crippen MR) is 108 cm³/mol. The molecule has 0 saturated heterocycles. The molecule has 0 spiro atoms. The third-order valence-corrected chi connectivity index (χ3v) is 4.51. The smallest absolute Gasteiger partial charge is 0.225 e. The Balaban J connectivity index is 2.05. The number of aliphatic hydroxyl groups excluding tert-OH is 1. The van der Waals surface area contributed by atoms with Gasteiger partial charge in [0.2, 0.25) is 5.91 Å². The van der Waals surface area contributed by atoms with E-state index in [9.17, 15) is 9.90 Å². The number of allylic oxidation sites excluding steroid dienone is 1. The van der Waals surface area contributed by atoms with Gasteiger partial charge < -0.3 is 10.4 Å². The summed E-state index contributed by atoms with van der Waals surface area (Å²) in [6, 6.07) is 5.98. The predicted octanol–water partition coefficient (Wildman–Crippen LogP) is 4.14. The van der Waals surface area contributed by atoms with Crippen molar-refractivity contribution in [1.29, 1.82) is 0 Å². The molecule has 5 nitrogen and oxygen atoms in total. The molecule has 1 aliphatic rings. The first-order valence-corrected chi connectivity index (χ1v) is 9.46. The Labute approximate surface area is 160 Å². The Bertz CT molecular complexity index is 897. The number of anilines is 1. The highest BCUT2D eigenvalue weighted by Crippen LogP contribution is 2.34. The molecule has 1 aromatic carbocycles. The van der Waals surface area contributed by atoms with Gasteiger partial charge in [0.15, 0.2) is 5.82 Å². The molecule has 142 valence electrons. The van der Waals surface area contributed by atoms with Crippen LogP contribution in [-0.2, 0) is 24.2 Å². The van der Waals surface area contributed by atoms with Crippen molar-refractivity contribution in [2.45, 2.75) is 53.6 Å². The molecule has 0 unspecified atom stereocenters. The van der Waals surface area contributed by atoms with Crippen LogP contribution in [0.2, 0.25) is 0 Å². The molecule has 1 aliphatic carbocycles. The number of hydrogen-bond donors (Lipinski definition) is 2. The van der Waals surface area contributed by atoms with E-state index >= 15 is 0 Å². The fraction of sp³-hybridized carbons (Fsp3) is 0.409. The molecule has 0 saturated carbocycles. The van der Waals surface area contributed by atoms with Crippen LogP contribution in [0.4, 0.5) is 5.82 Å². The molecule has 1 heterocycles. The fourth-order valence-electron chi connectivity index (χ4n) is 3.33. The molecule has 1 amide bonds. The lowest BCUT2D eigenvalue weighted by molar-refractivity contribution is -0.116. The summed E-state index contributed by atoms with van der Waals surface area (Å²) < 4.78 is 0. The van der Waals surface area contributed by atoms with Crippen LogP contribution in [0.3, 0.4) is 0 Å². The van der Waals surface area contributed by atoms with E-state index in [0.29, 0.717) is 17.9 Å². The number of amides is 1. The fourth-order valence-corrected chi connectivity index (χ4v) is 3.33.